The summed E-state index contributed by atoms with van der Waals surface area (Å²) in [6, 6.07) is 17.5. The van der Waals surface area contributed by atoms with Crippen LogP contribution in [-0.4, -0.2) is 32.8 Å². The fourth-order valence-corrected chi connectivity index (χ4v) is 3.86. The minimum atomic E-state index is 0.518. The Hall–Kier alpha value is -3.12. The lowest BCUT2D eigenvalue weighted by atomic mass is 10.1. The molecule has 6 nitrogen and oxygen atoms in total. The molecule has 0 unspecified atom stereocenters. The number of hydrogen-bond acceptors (Lipinski definition) is 5. The lowest BCUT2D eigenvalue weighted by molar-refractivity contribution is 0.883. The SMILES string of the molecule is Nc1c2c(-c3cccc(Cl)c3)nc(N3CCCC3)nc2nn1-c1ccccc1. The molecule has 0 radical (unpaired) electrons. The maximum absolute atomic E-state index is 6.52. The van der Waals surface area contributed by atoms with E-state index in [-0.39, 0.29) is 0 Å². The molecule has 2 N–H and O–H groups in total. The van der Waals surface area contributed by atoms with Gasteiger partial charge in [0.1, 0.15) is 5.82 Å². The van der Waals surface area contributed by atoms with Crippen LogP contribution in [0.4, 0.5) is 11.8 Å². The Balaban J connectivity index is 1.78. The second-order valence-electron chi connectivity index (χ2n) is 6.91. The molecule has 5 rings (SSSR count). The van der Waals surface area contributed by atoms with E-state index in [0.29, 0.717) is 22.4 Å². The molecule has 0 saturated carbocycles. The van der Waals surface area contributed by atoms with Crippen molar-refractivity contribution in [1.82, 2.24) is 19.7 Å². The van der Waals surface area contributed by atoms with Crippen LogP contribution in [0.3, 0.4) is 0 Å². The van der Waals surface area contributed by atoms with Crippen LogP contribution in [0.1, 0.15) is 12.8 Å². The van der Waals surface area contributed by atoms with Gasteiger partial charge in [0.25, 0.3) is 0 Å². The molecule has 1 aliphatic heterocycles. The highest BCUT2D eigenvalue weighted by Crippen LogP contribution is 2.34. The average molecular weight is 391 g/mol. The Morgan fingerprint density at radius 1 is 0.929 bits per heavy atom. The molecule has 0 bridgehead atoms. The molecule has 0 aliphatic carbocycles. The number of aromatic nitrogens is 4. The van der Waals surface area contributed by atoms with Crippen LogP contribution in [0.15, 0.2) is 54.6 Å². The minimum Gasteiger partial charge on any atom is -0.383 e. The van der Waals surface area contributed by atoms with Gasteiger partial charge in [0.2, 0.25) is 5.95 Å². The maximum Gasteiger partial charge on any atom is 0.228 e. The van der Waals surface area contributed by atoms with Gasteiger partial charge in [-0.2, -0.15) is 4.98 Å². The summed E-state index contributed by atoms with van der Waals surface area (Å²) >= 11 is 6.25. The van der Waals surface area contributed by atoms with Crippen molar-refractivity contribution >= 4 is 34.4 Å². The average Bonchev–Trinajstić information content (AvgIpc) is 3.37. The van der Waals surface area contributed by atoms with E-state index < -0.39 is 0 Å². The molecule has 1 aliphatic rings. The highest BCUT2D eigenvalue weighted by molar-refractivity contribution is 6.30. The zero-order valence-corrected chi connectivity index (χ0v) is 16.0. The topological polar surface area (TPSA) is 72.9 Å². The molecule has 28 heavy (non-hydrogen) atoms. The summed E-state index contributed by atoms with van der Waals surface area (Å²) in [6.07, 6.45) is 2.29. The van der Waals surface area contributed by atoms with E-state index >= 15 is 0 Å². The van der Waals surface area contributed by atoms with Gasteiger partial charge in [-0.25, -0.2) is 9.67 Å². The summed E-state index contributed by atoms with van der Waals surface area (Å²) in [4.78, 5) is 11.8. The van der Waals surface area contributed by atoms with Crippen molar-refractivity contribution in [3.63, 3.8) is 0 Å². The first-order valence-corrected chi connectivity index (χ1v) is 9.71. The number of hydrogen-bond donors (Lipinski definition) is 1. The minimum absolute atomic E-state index is 0.518. The smallest absolute Gasteiger partial charge is 0.228 e. The number of nitrogen functional groups attached to an aromatic ring is 1. The van der Waals surface area contributed by atoms with Crippen LogP contribution in [0.5, 0.6) is 0 Å². The number of nitrogens with two attached hydrogens (primary N) is 1. The van der Waals surface area contributed by atoms with Crippen molar-refractivity contribution in [3.05, 3.63) is 59.6 Å². The van der Waals surface area contributed by atoms with Gasteiger partial charge in [-0.3, -0.25) is 0 Å². The number of anilines is 2. The first kappa shape index (κ1) is 17.0. The zero-order chi connectivity index (χ0) is 19.1. The molecule has 0 atom stereocenters. The predicted octanol–water partition coefficient (Wildman–Crippen LogP) is 4.32. The Morgan fingerprint density at radius 2 is 1.71 bits per heavy atom. The number of halogens is 1. The summed E-state index contributed by atoms with van der Waals surface area (Å²) in [5.74, 6) is 1.21. The summed E-state index contributed by atoms with van der Waals surface area (Å²) in [5.41, 5.74) is 9.66. The van der Waals surface area contributed by atoms with E-state index in [1.165, 1.54) is 0 Å². The number of fused-ring (bicyclic) bond motifs is 1. The summed E-state index contributed by atoms with van der Waals surface area (Å²) in [7, 11) is 0. The Kier molecular flexibility index (Phi) is 4.13. The fourth-order valence-electron chi connectivity index (χ4n) is 3.67. The Labute approximate surface area is 167 Å². The first-order valence-electron chi connectivity index (χ1n) is 9.33. The Bertz CT molecular complexity index is 1150. The van der Waals surface area contributed by atoms with Gasteiger partial charge >= 0.3 is 0 Å². The van der Waals surface area contributed by atoms with Gasteiger partial charge in [0, 0.05) is 23.7 Å². The van der Waals surface area contributed by atoms with Gasteiger partial charge in [-0.1, -0.05) is 41.9 Å². The van der Waals surface area contributed by atoms with Crippen LogP contribution in [0, 0.1) is 0 Å². The molecule has 4 aromatic rings. The molecule has 7 heteroatoms. The van der Waals surface area contributed by atoms with E-state index in [1.807, 2.05) is 54.6 Å². The number of rotatable bonds is 3. The largest absolute Gasteiger partial charge is 0.383 e. The molecular formula is C21H19ClN6. The quantitative estimate of drug-likeness (QED) is 0.564. The molecule has 0 amide bonds. The van der Waals surface area contributed by atoms with E-state index in [0.717, 1.165) is 48.3 Å². The van der Waals surface area contributed by atoms with E-state index in [9.17, 15) is 0 Å². The Morgan fingerprint density at radius 3 is 2.46 bits per heavy atom. The molecule has 0 spiro atoms. The molecule has 1 fully saturated rings. The third-order valence-corrected chi connectivity index (χ3v) is 5.28. The number of para-hydroxylation sites is 1. The third-order valence-electron chi connectivity index (χ3n) is 5.04. The van der Waals surface area contributed by atoms with Crippen molar-refractivity contribution in [2.75, 3.05) is 23.7 Å². The normalized spacial score (nSPS) is 14.1. The van der Waals surface area contributed by atoms with Crippen molar-refractivity contribution in [2.24, 2.45) is 0 Å². The summed E-state index contributed by atoms with van der Waals surface area (Å²) in [5, 5.41) is 6.10. The fraction of sp³-hybridized carbons (Fsp3) is 0.190. The van der Waals surface area contributed by atoms with Crippen molar-refractivity contribution in [1.29, 1.82) is 0 Å². The molecule has 2 aromatic carbocycles. The summed E-state index contributed by atoms with van der Waals surface area (Å²) < 4.78 is 1.72. The monoisotopic (exact) mass is 390 g/mol. The number of benzene rings is 2. The third kappa shape index (κ3) is 2.86. The second-order valence-corrected chi connectivity index (χ2v) is 7.34. The predicted molar refractivity (Wildman–Crippen MR) is 113 cm³/mol. The molecule has 1 saturated heterocycles. The zero-order valence-electron chi connectivity index (χ0n) is 15.2. The van der Waals surface area contributed by atoms with E-state index in [2.05, 4.69) is 4.90 Å². The van der Waals surface area contributed by atoms with Gasteiger partial charge in [0.15, 0.2) is 5.65 Å². The van der Waals surface area contributed by atoms with Crippen LogP contribution in [0.2, 0.25) is 5.02 Å². The maximum atomic E-state index is 6.52. The first-order chi connectivity index (χ1) is 13.7. The molecular weight excluding hydrogens is 372 g/mol. The van der Waals surface area contributed by atoms with Gasteiger partial charge in [-0.15, -0.1) is 5.10 Å². The van der Waals surface area contributed by atoms with Crippen LogP contribution < -0.4 is 10.6 Å². The second kappa shape index (κ2) is 6.80. The lowest BCUT2D eigenvalue weighted by Crippen LogP contribution is -2.20. The van der Waals surface area contributed by atoms with Crippen molar-refractivity contribution in [2.45, 2.75) is 12.8 Å². The van der Waals surface area contributed by atoms with E-state index in [1.54, 1.807) is 4.68 Å². The van der Waals surface area contributed by atoms with Crippen LogP contribution >= 0.6 is 11.6 Å². The van der Waals surface area contributed by atoms with Gasteiger partial charge in [-0.05, 0) is 37.1 Å². The van der Waals surface area contributed by atoms with Gasteiger partial charge < -0.3 is 10.6 Å². The number of nitrogens with zero attached hydrogens (tertiary/aromatic N) is 5. The molecule has 3 heterocycles. The van der Waals surface area contributed by atoms with Crippen molar-refractivity contribution < 1.29 is 0 Å². The van der Waals surface area contributed by atoms with E-state index in [4.69, 9.17) is 32.4 Å². The summed E-state index contributed by atoms with van der Waals surface area (Å²) in [6.45, 7) is 1.91. The molecule has 140 valence electrons. The lowest BCUT2D eigenvalue weighted by Gasteiger charge is -2.16. The molecule has 2 aromatic heterocycles. The van der Waals surface area contributed by atoms with Gasteiger partial charge in [0.05, 0.1) is 16.8 Å². The van der Waals surface area contributed by atoms with Crippen molar-refractivity contribution in [3.8, 4) is 16.9 Å². The highest BCUT2D eigenvalue weighted by Gasteiger charge is 2.22. The van der Waals surface area contributed by atoms with Crippen LogP contribution in [0.25, 0.3) is 28.0 Å². The standard InChI is InChI=1S/C21H19ClN6/c22-15-8-6-7-14(13-15)18-17-19(23)28(16-9-2-1-3-10-16)26-20(17)25-21(24-18)27-11-4-5-12-27/h1-3,6-10,13H,4-5,11-12,23H2. The van der Waals surface area contributed by atoms with Crippen LogP contribution in [-0.2, 0) is 0 Å². The highest BCUT2D eigenvalue weighted by atomic mass is 35.5.